The first-order valence-electron chi connectivity index (χ1n) is 11.1. The number of rotatable bonds is 3. The Morgan fingerprint density at radius 1 is 0.750 bits per heavy atom. The second-order valence-corrected chi connectivity index (χ2v) is 13.5. The maximum Gasteiger partial charge on any atom is 0.263 e. The Kier molecular flexibility index (Phi) is 7.12. The van der Waals surface area contributed by atoms with Gasteiger partial charge in [-0.15, -0.1) is 0 Å². The van der Waals surface area contributed by atoms with E-state index in [1.807, 2.05) is 0 Å². The second kappa shape index (κ2) is 9.01. The van der Waals surface area contributed by atoms with Gasteiger partial charge in [-0.1, -0.05) is 19.3 Å². The van der Waals surface area contributed by atoms with Crippen LogP contribution in [0.4, 0.5) is 0 Å². The molecule has 0 atom stereocenters. The molecule has 5 nitrogen and oxygen atoms in total. The molecule has 2 aliphatic heterocycles. The van der Waals surface area contributed by atoms with Gasteiger partial charge < -0.3 is 0 Å². The molecule has 0 radical (unpaired) electrons. The van der Waals surface area contributed by atoms with Crippen LogP contribution in [0, 0.1) is 0 Å². The lowest BCUT2D eigenvalue weighted by Crippen LogP contribution is -2.65. The van der Waals surface area contributed by atoms with E-state index in [0.717, 1.165) is 12.8 Å². The van der Waals surface area contributed by atoms with Gasteiger partial charge in [-0.2, -0.15) is 5.06 Å². The molecule has 1 aromatic rings. The third kappa shape index (κ3) is 4.21. The van der Waals surface area contributed by atoms with E-state index in [2.05, 4.69) is 96.5 Å². The summed E-state index contributed by atoms with van der Waals surface area (Å²) in [5.74, 6) is -0.493. The van der Waals surface area contributed by atoms with Gasteiger partial charge in [0.05, 0.1) is 17.2 Å². The Labute approximate surface area is 223 Å². The largest absolute Gasteiger partial charge is 0.295 e. The van der Waals surface area contributed by atoms with Crippen molar-refractivity contribution in [3.8, 4) is 0 Å². The average molecular weight is 700 g/mol. The maximum atomic E-state index is 13.5. The maximum absolute atomic E-state index is 13.5. The van der Waals surface area contributed by atoms with Gasteiger partial charge in [0, 0.05) is 35.0 Å². The number of hydrogen-bond acceptors (Lipinski definition) is 4. The number of amides is 2. The van der Waals surface area contributed by atoms with Gasteiger partial charge in [0.15, 0.2) is 0 Å². The Bertz CT molecular complexity index is 908. The zero-order chi connectivity index (χ0) is 23.6. The standard InChI is InChI=1S/C23H28Br4N2O3/c1-22(2)10-12(11-23(3,4)29(22)32-13-8-6-5-7-9-13)28-20(30)14-15(21(28)31)17(25)19(27)18(26)16(14)24/h12-13H,5-11H2,1-4H3. The first-order chi connectivity index (χ1) is 14.9. The molecule has 0 bridgehead atoms. The summed E-state index contributed by atoms with van der Waals surface area (Å²) in [7, 11) is 0. The summed E-state index contributed by atoms with van der Waals surface area (Å²) < 4.78 is 2.62. The van der Waals surface area contributed by atoms with Crippen molar-refractivity contribution in [3.05, 3.63) is 29.0 Å². The SMILES string of the molecule is CC1(C)CC(N2C(=O)c3c(Br)c(Br)c(Br)c(Br)c3C2=O)CC(C)(C)N1OC1CCCCC1. The normalized spacial score (nSPS) is 24.3. The second-order valence-electron chi connectivity index (χ2n) is 10.3. The molecule has 1 saturated heterocycles. The van der Waals surface area contributed by atoms with Gasteiger partial charge >= 0.3 is 0 Å². The number of carbonyl (C=O) groups excluding carboxylic acids is 2. The molecule has 0 spiro atoms. The van der Waals surface area contributed by atoms with Crippen molar-refractivity contribution in [3.63, 3.8) is 0 Å². The first-order valence-corrected chi connectivity index (χ1v) is 14.2. The Balaban J connectivity index is 1.64. The predicted octanol–water partition coefficient (Wildman–Crippen LogP) is 7.62. The van der Waals surface area contributed by atoms with Gasteiger partial charge in [0.2, 0.25) is 0 Å². The van der Waals surface area contributed by atoms with Crippen molar-refractivity contribution < 1.29 is 14.4 Å². The molecular weight excluding hydrogens is 672 g/mol. The highest BCUT2D eigenvalue weighted by Gasteiger charge is 2.53. The van der Waals surface area contributed by atoms with Gasteiger partial charge in [0.1, 0.15) is 0 Å². The molecule has 2 heterocycles. The number of piperidine rings is 1. The summed E-state index contributed by atoms with van der Waals surface area (Å²) in [6, 6.07) is -0.213. The average Bonchev–Trinajstić information content (AvgIpc) is 2.98. The first kappa shape index (κ1) is 25.3. The summed E-state index contributed by atoms with van der Waals surface area (Å²) in [5.41, 5.74) is 0.172. The van der Waals surface area contributed by atoms with E-state index in [-0.39, 0.29) is 35.0 Å². The molecule has 0 aromatic heterocycles. The van der Waals surface area contributed by atoms with Gasteiger partial charge in [-0.05, 0) is 117 Å². The molecule has 3 aliphatic rings. The number of halogens is 4. The van der Waals surface area contributed by atoms with E-state index in [1.54, 1.807) is 0 Å². The van der Waals surface area contributed by atoms with Crippen LogP contribution >= 0.6 is 63.7 Å². The molecule has 2 fully saturated rings. The van der Waals surface area contributed by atoms with Gasteiger partial charge in [-0.3, -0.25) is 19.3 Å². The summed E-state index contributed by atoms with van der Waals surface area (Å²) in [4.78, 5) is 35.1. The Hall–Kier alpha value is 0.200. The summed E-state index contributed by atoms with van der Waals surface area (Å²) in [5, 5.41) is 2.16. The molecule has 176 valence electrons. The lowest BCUT2D eigenvalue weighted by Gasteiger charge is -2.55. The van der Waals surface area contributed by atoms with E-state index in [4.69, 9.17) is 4.84 Å². The molecule has 0 N–H and O–H groups in total. The van der Waals surface area contributed by atoms with Gasteiger partial charge in [-0.25, -0.2) is 0 Å². The number of imide groups is 1. The predicted molar refractivity (Wildman–Crippen MR) is 139 cm³/mol. The molecule has 1 aliphatic carbocycles. The fourth-order valence-electron chi connectivity index (χ4n) is 5.70. The number of benzene rings is 1. The van der Waals surface area contributed by atoms with E-state index in [1.165, 1.54) is 24.2 Å². The minimum absolute atomic E-state index is 0.213. The molecule has 0 unspecified atom stereocenters. The highest BCUT2D eigenvalue weighted by atomic mass is 79.9. The number of fused-ring (bicyclic) bond motifs is 1. The summed E-state index contributed by atoms with van der Waals surface area (Å²) in [6.07, 6.45) is 7.47. The minimum atomic E-state index is -0.325. The smallest absolute Gasteiger partial charge is 0.263 e. The molecule has 9 heteroatoms. The van der Waals surface area contributed by atoms with Crippen LogP contribution in [0.3, 0.4) is 0 Å². The van der Waals surface area contributed by atoms with Crippen molar-refractivity contribution in [2.75, 3.05) is 0 Å². The van der Waals surface area contributed by atoms with Crippen LogP contribution in [-0.4, -0.2) is 45.0 Å². The number of hydrogen-bond donors (Lipinski definition) is 0. The van der Waals surface area contributed by atoms with Crippen LogP contribution < -0.4 is 0 Å². The molecule has 32 heavy (non-hydrogen) atoms. The fraction of sp³-hybridized carbons (Fsp3) is 0.652. The van der Waals surface area contributed by atoms with Crippen LogP contribution in [0.5, 0.6) is 0 Å². The third-order valence-electron chi connectivity index (χ3n) is 6.87. The topological polar surface area (TPSA) is 49.9 Å². The van der Waals surface area contributed by atoms with Crippen LogP contribution in [0.2, 0.25) is 0 Å². The molecule has 2 amide bonds. The van der Waals surface area contributed by atoms with Crippen molar-refractivity contribution in [2.45, 2.75) is 95.9 Å². The lowest BCUT2D eigenvalue weighted by molar-refractivity contribution is -0.312. The van der Waals surface area contributed by atoms with Gasteiger partial charge in [0.25, 0.3) is 11.8 Å². The highest BCUT2D eigenvalue weighted by Crippen LogP contribution is 2.48. The highest BCUT2D eigenvalue weighted by molar-refractivity contribution is 9.15. The Morgan fingerprint density at radius 2 is 1.19 bits per heavy atom. The van der Waals surface area contributed by atoms with E-state index < -0.39 is 0 Å². The number of hydroxylamine groups is 2. The number of carbonyl (C=O) groups is 2. The lowest BCUT2D eigenvalue weighted by atomic mass is 9.78. The van der Waals surface area contributed by atoms with Crippen LogP contribution in [-0.2, 0) is 4.84 Å². The summed E-state index contributed by atoms with van der Waals surface area (Å²) >= 11 is 14.1. The number of nitrogens with zero attached hydrogens (tertiary/aromatic N) is 2. The third-order valence-corrected chi connectivity index (χ3v) is 11.6. The Morgan fingerprint density at radius 3 is 1.62 bits per heavy atom. The zero-order valence-corrected chi connectivity index (χ0v) is 25.1. The van der Waals surface area contributed by atoms with Crippen LogP contribution in [0.15, 0.2) is 17.9 Å². The van der Waals surface area contributed by atoms with Crippen LogP contribution in [0.1, 0.15) is 93.4 Å². The summed E-state index contributed by atoms with van der Waals surface area (Å²) in [6.45, 7) is 8.61. The van der Waals surface area contributed by atoms with Crippen LogP contribution in [0.25, 0.3) is 0 Å². The van der Waals surface area contributed by atoms with E-state index in [0.29, 0.717) is 41.9 Å². The zero-order valence-electron chi connectivity index (χ0n) is 18.7. The minimum Gasteiger partial charge on any atom is -0.295 e. The molecule has 1 aromatic carbocycles. The van der Waals surface area contributed by atoms with Crippen molar-refractivity contribution in [1.29, 1.82) is 0 Å². The van der Waals surface area contributed by atoms with E-state index in [9.17, 15) is 9.59 Å². The monoisotopic (exact) mass is 696 g/mol. The molecule has 1 saturated carbocycles. The van der Waals surface area contributed by atoms with Crippen molar-refractivity contribution in [1.82, 2.24) is 9.96 Å². The molecular formula is C23H28Br4N2O3. The van der Waals surface area contributed by atoms with E-state index >= 15 is 0 Å². The van der Waals surface area contributed by atoms with Crippen molar-refractivity contribution in [2.24, 2.45) is 0 Å². The quantitative estimate of drug-likeness (QED) is 0.185. The molecule has 4 rings (SSSR count). The van der Waals surface area contributed by atoms with Crippen molar-refractivity contribution >= 4 is 75.5 Å². The fourth-order valence-corrected chi connectivity index (χ4v) is 8.15.